The van der Waals surface area contributed by atoms with E-state index in [4.69, 9.17) is 15.7 Å². The maximum Gasteiger partial charge on any atom is 0.149 e. The Morgan fingerprint density at radius 1 is 1.77 bits per heavy atom. The number of halogens is 2. The van der Waals surface area contributed by atoms with Gasteiger partial charge < -0.3 is 10.2 Å². The number of benzene rings is 1. The Morgan fingerprint density at radius 2 is 2.54 bits per heavy atom. The van der Waals surface area contributed by atoms with Crippen molar-refractivity contribution in [1.29, 1.82) is 0 Å². The molecule has 0 aromatic heterocycles. The van der Waals surface area contributed by atoms with Crippen LogP contribution in [0.4, 0.5) is 10.1 Å². The molecule has 0 aliphatic rings. The molecular formula is C8H8ClFN2O. The summed E-state index contributed by atoms with van der Waals surface area (Å²) in [6.07, 6.45) is -1.46. The molecule has 5 heteroatoms. The standard InChI is InChI=1S/C8H8ClFN2O/c9-6-1-2-8(7(10)5-6)12-11-3-4-13/h1-2,4-5,11-12H,3H2/i3D2,4D. The van der Waals surface area contributed by atoms with Crippen LogP contribution in [-0.2, 0) is 4.79 Å². The van der Waals surface area contributed by atoms with Gasteiger partial charge in [-0.25, -0.2) is 9.82 Å². The zero-order valence-electron chi connectivity index (χ0n) is 9.40. The van der Waals surface area contributed by atoms with E-state index in [0.717, 1.165) is 6.07 Å². The smallest absolute Gasteiger partial charge is 0.149 e. The van der Waals surface area contributed by atoms with Crippen LogP contribution >= 0.6 is 11.6 Å². The van der Waals surface area contributed by atoms with Gasteiger partial charge in [0.25, 0.3) is 0 Å². The van der Waals surface area contributed by atoms with Crippen LogP contribution in [0.15, 0.2) is 18.2 Å². The third-order valence-electron chi connectivity index (χ3n) is 1.24. The lowest BCUT2D eigenvalue weighted by Gasteiger charge is -2.06. The van der Waals surface area contributed by atoms with E-state index in [2.05, 4.69) is 5.43 Å². The Morgan fingerprint density at radius 3 is 3.15 bits per heavy atom. The second kappa shape index (κ2) is 4.79. The molecule has 1 rings (SSSR count). The van der Waals surface area contributed by atoms with E-state index >= 15 is 0 Å². The lowest BCUT2D eigenvalue weighted by molar-refractivity contribution is -0.107. The van der Waals surface area contributed by atoms with Gasteiger partial charge in [0.05, 0.1) is 14.9 Å². The first-order valence-corrected chi connectivity index (χ1v) is 3.70. The average Bonchev–Trinajstić information content (AvgIpc) is 2.16. The van der Waals surface area contributed by atoms with E-state index in [0.29, 0.717) is 0 Å². The molecular weight excluding hydrogens is 195 g/mol. The summed E-state index contributed by atoms with van der Waals surface area (Å²) in [4.78, 5) is 10.5. The first-order chi connectivity index (χ1) is 7.33. The number of carbonyl (C=O) groups excluding carboxylic acids is 1. The summed E-state index contributed by atoms with van der Waals surface area (Å²) in [5.74, 6) is -0.701. The summed E-state index contributed by atoms with van der Waals surface area (Å²) in [5.41, 5.74) is 3.99. The minimum absolute atomic E-state index is 0.0745. The molecule has 0 radical (unpaired) electrons. The van der Waals surface area contributed by atoms with Gasteiger partial charge in [0.1, 0.15) is 13.5 Å². The number of hydrogen-bond donors (Lipinski definition) is 2. The maximum atomic E-state index is 13.2. The minimum atomic E-state index is -2.59. The minimum Gasteiger partial charge on any atom is -0.318 e. The van der Waals surface area contributed by atoms with Crippen molar-refractivity contribution in [3.8, 4) is 0 Å². The van der Waals surface area contributed by atoms with Crippen LogP contribution in [-0.4, -0.2) is 12.8 Å². The van der Waals surface area contributed by atoms with Crippen LogP contribution in [0.2, 0.25) is 5.02 Å². The monoisotopic (exact) mass is 205 g/mol. The molecule has 0 aliphatic heterocycles. The Labute approximate surface area is 84.1 Å². The van der Waals surface area contributed by atoms with Crippen LogP contribution in [0.5, 0.6) is 0 Å². The van der Waals surface area contributed by atoms with Gasteiger partial charge in [-0.3, -0.25) is 0 Å². The molecule has 0 bridgehead atoms. The van der Waals surface area contributed by atoms with E-state index in [1.165, 1.54) is 12.1 Å². The molecule has 70 valence electrons. The van der Waals surface area contributed by atoms with Crippen molar-refractivity contribution in [1.82, 2.24) is 5.43 Å². The topological polar surface area (TPSA) is 41.1 Å². The van der Waals surface area contributed by atoms with Crippen molar-refractivity contribution in [2.45, 2.75) is 0 Å². The zero-order chi connectivity index (χ0) is 12.3. The number of carbonyl (C=O) groups is 1. The molecule has 0 heterocycles. The number of anilines is 1. The van der Waals surface area contributed by atoms with Gasteiger partial charge in [-0.2, -0.15) is 0 Å². The van der Waals surface area contributed by atoms with Crippen molar-refractivity contribution >= 4 is 23.6 Å². The van der Waals surface area contributed by atoms with Gasteiger partial charge >= 0.3 is 0 Å². The summed E-state index contributed by atoms with van der Waals surface area (Å²) in [7, 11) is 0. The Hall–Kier alpha value is -1.13. The lowest BCUT2D eigenvalue weighted by atomic mass is 10.3. The van der Waals surface area contributed by atoms with E-state index in [9.17, 15) is 9.18 Å². The second-order valence-electron chi connectivity index (χ2n) is 2.10. The Kier molecular flexibility index (Phi) is 2.34. The highest BCUT2D eigenvalue weighted by molar-refractivity contribution is 6.30. The van der Waals surface area contributed by atoms with Gasteiger partial charge in [0.2, 0.25) is 0 Å². The molecule has 0 unspecified atom stereocenters. The highest BCUT2D eigenvalue weighted by Crippen LogP contribution is 2.17. The van der Waals surface area contributed by atoms with E-state index in [-0.39, 0.29) is 10.7 Å². The maximum absolute atomic E-state index is 13.2. The fourth-order valence-electron chi connectivity index (χ4n) is 0.715. The van der Waals surface area contributed by atoms with E-state index in [1.54, 1.807) is 0 Å². The molecule has 0 spiro atoms. The molecule has 0 fully saturated rings. The third kappa shape index (κ3) is 3.01. The van der Waals surface area contributed by atoms with Crippen molar-refractivity contribution in [2.75, 3.05) is 11.9 Å². The molecule has 0 atom stereocenters. The van der Waals surface area contributed by atoms with Crippen LogP contribution in [0.25, 0.3) is 0 Å². The average molecular weight is 206 g/mol. The van der Waals surface area contributed by atoms with E-state index in [1.807, 2.05) is 5.43 Å². The molecule has 0 saturated carbocycles. The molecule has 2 N–H and O–H groups in total. The largest absolute Gasteiger partial charge is 0.318 e. The number of hydrazine groups is 1. The van der Waals surface area contributed by atoms with Gasteiger partial charge in [0.15, 0.2) is 0 Å². The van der Waals surface area contributed by atoms with Crippen molar-refractivity contribution in [3.63, 3.8) is 0 Å². The summed E-state index contributed by atoms with van der Waals surface area (Å²) >= 11 is 5.51. The molecule has 0 aliphatic carbocycles. The summed E-state index contributed by atoms with van der Waals surface area (Å²) < 4.78 is 33.9. The Balaban J connectivity index is 2.72. The molecule has 1 aromatic carbocycles. The number of aldehydes is 1. The zero-order valence-corrected chi connectivity index (χ0v) is 7.15. The second-order valence-corrected chi connectivity index (χ2v) is 2.54. The van der Waals surface area contributed by atoms with Crippen LogP contribution < -0.4 is 10.9 Å². The summed E-state index contributed by atoms with van der Waals surface area (Å²) in [6, 6.07) is 3.70. The van der Waals surface area contributed by atoms with E-state index < -0.39 is 18.6 Å². The van der Waals surface area contributed by atoms with Gasteiger partial charge in [-0.15, -0.1) is 0 Å². The number of hydrogen-bond acceptors (Lipinski definition) is 3. The third-order valence-corrected chi connectivity index (χ3v) is 1.48. The fourth-order valence-corrected chi connectivity index (χ4v) is 0.874. The molecule has 1 aromatic rings. The van der Waals surface area contributed by atoms with Crippen LogP contribution in [0.3, 0.4) is 0 Å². The van der Waals surface area contributed by atoms with Gasteiger partial charge in [-0.1, -0.05) is 11.6 Å². The predicted octanol–water partition coefficient (Wildman–Crippen LogP) is 1.59. The van der Waals surface area contributed by atoms with Crippen LogP contribution in [0.1, 0.15) is 4.11 Å². The summed E-state index contributed by atoms with van der Waals surface area (Å²) in [6.45, 7) is -2.59. The normalized spacial score (nSPS) is 14.2. The molecule has 0 amide bonds. The predicted molar refractivity (Wildman–Crippen MR) is 49.1 cm³/mol. The highest BCUT2D eigenvalue weighted by atomic mass is 35.5. The Bertz CT molecular complexity index is 416. The van der Waals surface area contributed by atoms with Crippen molar-refractivity contribution in [2.24, 2.45) is 0 Å². The van der Waals surface area contributed by atoms with Crippen molar-refractivity contribution in [3.05, 3.63) is 29.0 Å². The van der Waals surface area contributed by atoms with Crippen LogP contribution in [0, 0.1) is 5.82 Å². The molecule has 0 saturated heterocycles. The molecule has 3 nitrogen and oxygen atoms in total. The number of nitrogens with one attached hydrogen (secondary N) is 2. The van der Waals surface area contributed by atoms with Gasteiger partial charge in [0, 0.05) is 5.02 Å². The highest BCUT2D eigenvalue weighted by Gasteiger charge is 2.00. The SMILES string of the molecule is [2H]C(=O)C([2H])([2H])NNc1ccc(Cl)cc1F. The van der Waals surface area contributed by atoms with Gasteiger partial charge in [-0.05, 0) is 18.2 Å². The fraction of sp³-hybridized carbons (Fsp3) is 0.125. The molecule has 13 heavy (non-hydrogen) atoms. The van der Waals surface area contributed by atoms with Crippen molar-refractivity contribution < 1.29 is 13.3 Å². The lowest BCUT2D eigenvalue weighted by Crippen LogP contribution is -2.23. The number of rotatable bonds is 4. The summed E-state index contributed by atoms with van der Waals surface area (Å²) in [5, 5.41) is 0.197. The first-order valence-electron chi connectivity index (χ1n) is 4.82. The first kappa shape index (κ1) is 6.34. The quantitative estimate of drug-likeness (QED) is 0.580.